The largest absolute Gasteiger partial charge is 0.508 e. The summed E-state index contributed by atoms with van der Waals surface area (Å²) in [6.07, 6.45) is -4.53. The summed E-state index contributed by atoms with van der Waals surface area (Å²) in [5, 5.41) is 20.8. The molecule has 0 saturated heterocycles. The van der Waals surface area contributed by atoms with E-state index in [0.29, 0.717) is 0 Å². The summed E-state index contributed by atoms with van der Waals surface area (Å²) < 4.78 is 41.4. The fourth-order valence-corrected chi connectivity index (χ4v) is 1.66. The maximum absolute atomic E-state index is 12.3. The maximum Gasteiger partial charge on any atom is 0.401 e. The van der Waals surface area contributed by atoms with E-state index in [1.54, 1.807) is 0 Å². The number of benzene rings is 1. The lowest BCUT2D eigenvalue weighted by atomic mass is 9.91. The minimum Gasteiger partial charge on any atom is -0.508 e. The number of rotatable bonds is 4. The molecule has 20 heavy (non-hydrogen) atoms. The highest BCUT2D eigenvalue weighted by atomic mass is 19.4. The third kappa shape index (κ3) is 3.77. The van der Waals surface area contributed by atoms with Crippen LogP contribution in [0.5, 0.6) is 11.5 Å². The smallest absolute Gasteiger partial charge is 0.401 e. The third-order valence-electron chi connectivity index (χ3n) is 2.72. The Labute approximate surface area is 113 Å². The maximum atomic E-state index is 12.3. The van der Waals surface area contributed by atoms with E-state index in [4.69, 9.17) is 0 Å². The summed E-state index contributed by atoms with van der Waals surface area (Å²) in [7, 11) is 1.03. The van der Waals surface area contributed by atoms with Crippen molar-refractivity contribution < 1.29 is 32.9 Å². The van der Waals surface area contributed by atoms with E-state index in [2.05, 4.69) is 4.74 Å². The SMILES string of the molecule is COC(=O)C(C)(NCC(F)(F)F)c1cc(O)cc(O)c1. The lowest BCUT2D eigenvalue weighted by Crippen LogP contribution is -2.50. The predicted molar refractivity (Wildman–Crippen MR) is 63.2 cm³/mol. The van der Waals surface area contributed by atoms with E-state index in [1.807, 2.05) is 5.32 Å². The minimum absolute atomic E-state index is 0.0499. The molecule has 0 aliphatic carbocycles. The van der Waals surface area contributed by atoms with Crippen molar-refractivity contribution in [2.45, 2.75) is 18.6 Å². The summed E-state index contributed by atoms with van der Waals surface area (Å²) in [6.45, 7) is -0.270. The van der Waals surface area contributed by atoms with Gasteiger partial charge in [-0.1, -0.05) is 0 Å². The van der Waals surface area contributed by atoms with Gasteiger partial charge in [0.05, 0.1) is 13.7 Å². The Bertz CT molecular complexity index is 484. The summed E-state index contributed by atoms with van der Waals surface area (Å²) in [4.78, 5) is 11.8. The first-order valence-corrected chi connectivity index (χ1v) is 5.52. The van der Waals surface area contributed by atoms with E-state index in [9.17, 15) is 28.2 Å². The average molecular weight is 293 g/mol. The first-order valence-electron chi connectivity index (χ1n) is 5.52. The van der Waals surface area contributed by atoms with E-state index < -0.39 is 24.2 Å². The number of nitrogens with one attached hydrogen (secondary N) is 1. The number of hydrogen-bond acceptors (Lipinski definition) is 5. The highest BCUT2D eigenvalue weighted by Crippen LogP contribution is 2.30. The van der Waals surface area contributed by atoms with Crippen molar-refractivity contribution in [2.75, 3.05) is 13.7 Å². The van der Waals surface area contributed by atoms with Crippen LogP contribution in [-0.2, 0) is 15.1 Å². The molecular weight excluding hydrogens is 279 g/mol. The van der Waals surface area contributed by atoms with Gasteiger partial charge in [-0.05, 0) is 24.6 Å². The minimum atomic E-state index is -4.53. The summed E-state index contributed by atoms with van der Waals surface area (Å²) in [6, 6.07) is 3.13. The lowest BCUT2D eigenvalue weighted by Gasteiger charge is -2.29. The topological polar surface area (TPSA) is 78.8 Å². The van der Waals surface area contributed by atoms with Gasteiger partial charge in [-0.15, -0.1) is 0 Å². The highest BCUT2D eigenvalue weighted by molar-refractivity contribution is 5.82. The summed E-state index contributed by atoms with van der Waals surface area (Å²) >= 11 is 0. The fourth-order valence-electron chi connectivity index (χ4n) is 1.66. The summed E-state index contributed by atoms with van der Waals surface area (Å²) in [5.74, 6) is -1.75. The second-order valence-corrected chi connectivity index (χ2v) is 4.32. The van der Waals surface area contributed by atoms with Gasteiger partial charge < -0.3 is 14.9 Å². The van der Waals surface area contributed by atoms with Crippen molar-refractivity contribution in [2.24, 2.45) is 0 Å². The zero-order chi connectivity index (χ0) is 15.6. The van der Waals surface area contributed by atoms with Crippen LogP contribution in [0.2, 0.25) is 0 Å². The number of methoxy groups -OCH3 is 1. The van der Waals surface area contributed by atoms with Gasteiger partial charge in [0.2, 0.25) is 0 Å². The van der Waals surface area contributed by atoms with Crippen LogP contribution in [0.15, 0.2) is 18.2 Å². The van der Waals surface area contributed by atoms with Crippen LogP contribution in [0, 0.1) is 0 Å². The van der Waals surface area contributed by atoms with Gasteiger partial charge in [-0.2, -0.15) is 13.2 Å². The fraction of sp³-hybridized carbons (Fsp3) is 0.417. The number of phenols is 2. The van der Waals surface area contributed by atoms with Crippen molar-refractivity contribution in [1.29, 1.82) is 0 Å². The second-order valence-electron chi connectivity index (χ2n) is 4.32. The van der Waals surface area contributed by atoms with Crippen LogP contribution in [0.3, 0.4) is 0 Å². The van der Waals surface area contributed by atoms with Crippen LogP contribution in [0.4, 0.5) is 13.2 Å². The number of phenolic OH excluding ortho intramolecular Hbond substituents is 2. The van der Waals surface area contributed by atoms with Gasteiger partial charge in [0.25, 0.3) is 0 Å². The van der Waals surface area contributed by atoms with Crippen LogP contribution in [0.25, 0.3) is 0 Å². The molecule has 0 aliphatic rings. The van der Waals surface area contributed by atoms with Gasteiger partial charge in [-0.25, -0.2) is 4.79 Å². The number of esters is 1. The zero-order valence-corrected chi connectivity index (χ0v) is 10.8. The van der Waals surface area contributed by atoms with Gasteiger partial charge in [0.1, 0.15) is 17.0 Å². The normalized spacial score (nSPS) is 14.7. The Morgan fingerprint density at radius 3 is 2.15 bits per heavy atom. The van der Waals surface area contributed by atoms with Crippen molar-refractivity contribution in [3.8, 4) is 11.5 Å². The average Bonchev–Trinajstić information content (AvgIpc) is 2.32. The molecule has 1 rings (SSSR count). The molecule has 8 heteroatoms. The molecule has 0 amide bonds. The monoisotopic (exact) mass is 293 g/mol. The molecule has 1 atom stereocenters. The van der Waals surface area contributed by atoms with Crippen molar-refractivity contribution in [3.63, 3.8) is 0 Å². The number of hydrogen-bond donors (Lipinski definition) is 3. The molecule has 0 spiro atoms. The Balaban J connectivity index is 3.20. The molecule has 0 fully saturated rings. The van der Waals surface area contributed by atoms with Crippen LogP contribution >= 0.6 is 0 Å². The second kappa shape index (κ2) is 5.58. The number of aromatic hydroxyl groups is 2. The van der Waals surface area contributed by atoms with Crippen LogP contribution in [0.1, 0.15) is 12.5 Å². The number of halogens is 3. The number of carbonyl (C=O) groups is 1. The van der Waals surface area contributed by atoms with E-state index in [1.165, 1.54) is 6.92 Å². The van der Waals surface area contributed by atoms with Crippen molar-refractivity contribution in [1.82, 2.24) is 5.32 Å². The Morgan fingerprint density at radius 1 is 1.25 bits per heavy atom. The van der Waals surface area contributed by atoms with Crippen molar-refractivity contribution >= 4 is 5.97 Å². The Kier molecular flexibility index (Phi) is 4.49. The Hall–Kier alpha value is -1.96. The molecule has 1 unspecified atom stereocenters. The molecule has 0 aromatic heterocycles. The number of ether oxygens (including phenoxy) is 1. The molecule has 1 aromatic rings. The first-order chi connectivity index (χ1) is 9.08. The predicted octanol–water partition coefficient (Wildman–Crippen LogP) is 1.64. The molecule has 0 aliphatic heterocycles. The molecule has 0 heterocycles. The van der Waals surface area contributed by atoms with Crippen LogP contribution < -0.4 is 5.32 Å². The quantitative estimate of drug-likeness (QED) is 0.736. The molecular formula is C12H14F3NO4. The van der Waals surface area contributed by atoms with E-state index >= 15 is 0 Å². The Morgan fingerprint density at radius 2 is 1.75 bits per heavy atom. The zero-order valence-electron chi connectivity index (χ0n) is 10.8. The molecule has 112 valence electrons. The first kappa shape index (κ1) is 16.1. The number of alkyl halides is 3. The number of carbonyl (C=O) groups excluding carboxylic acids is 1. The summed E-state index contributed by atoms with van der Waals surface area (Å²) in [5.41, 5.74) is -1.91. The molecule has 0 radical (unpaired) electrons. The lowest BCUT2D eigenvalue weighted by molar-refractivity contribution is -0.153. The van der Waals surface area contributed by atoms with Gasteiger partial charge in [0.15, 0.2) is 0 Å². The van der Waals surface area contributed by atoms with Crippen LogP contribution in [-0.4, -0.2) is 36.0 Å². The molecule has 5 nitrogen and oxygen atoms in total. The van der Waals surface area contributed by atoms with E-state index in [-0.39, 0.29) is 17.1 Å². The molecule has 3 N–H and O–H groups in total. The van der Waals surface area contributed by atoms with Gasteiger partial charge in [0, 0.05) is 6.07 Å². The van der Waals surface area contributed by atoms with Crippen molar-refractivity contribution in [3.05, 3.63) is 23.8 Å². The van der Waals surface area contributed by atoms with Gasteiger partial charge in [-0.3, -0.25) is 5.32 Å². The molecule has 1 aromatic carbocycles. The van der Waals surface area contributed by atoms with E-state index in [0.717, 1.165) is 25.3 Å². The van der Waals surface area contributed by atoms with Gasteiger partial charge >= 0.3 is 12.1 Å². The standard InChI is InChI=1S/C12H14F3NO4/c1-11(10(19)20-2,16-6-12(13,14)15)7-3-8(17)5-9(18)4-7/h3-5,16-18H,6H2,1-2H3. The highest BCUT2D eigenvalue weighted by Gasteiger charge is 2.40. The third-order valence-corrected chi connectivity index (χ3v) is 2.72. The molecule has 0 saturated carbocycles. The molecule has 0 bridgehead atoms.